The first-order valence-electron chi connectivity index (χ1n) is 5.33. The van der Waals surface area contributed by atoms with Gasteiger partial charge in [0.25, 0.3) is 0 Å². The molecule has 0 saturated carbocycles. The van der Waals surface area contributed by atoms with Crippen LogP contribution in [0.1, 0.15) is 17.5 Å². The Morgan fingerprint density at radius 2 is 2.18 bits per heavy atom. The van der Waals surface area contributed by atoms with E-state index in [0.29, 0.717) is 12.3 Å². The summed E-state index contributed by atoms with van der Waals surface area (Å²) in [6.45, 7) is 2.08. The minimum atomic E-state index is -0.461. The summed E-state index contributed by atoms with van der Waals surface area (Å²) in [6.07, 6.45) is 0. The van der Waals surface area contributed by atoms with Gasteiger partial charge in [0.15, 0.2) is 5.65 Å². The van der Waals surface area contributed by atoms with E-state index in [4.69, 9.17) is 4.74 Å². The lowest BCUT2D eigenvalue weighted by molar-refractivity contribution is 0.0513. The molecule has 0 aromatic carbocycles. The van der Waals surface area contributed by atoms with Gasteiger partial charge in [0.05, 0.1) is 12.1 Å². The lowest BCUT2D eigenvalue weighted by Crippen LogP contribution is -2.10. The van der Waals surface area contributed by atoms with Gasteiger partial charge in [-0.2, -0.15) is 0 Å². The standard InChI is InChI=1S/C11H14N4O2/c1-4-17-11(16)10-12-7-5-6-8(15(2)3)13-9(7)14-10/h5-6H,4H2,1-3H3,(H,12,13,14). The van der Waals surface area contributed by atoms with Crippen LogP contribution in [-0.2, 0) is 4.74 Å². The number of hydrogen-bond acceptors (Lipinski definition) is 5. The van der Waals surface area contributed by atoms with Crippen molar-refractivity contribution in [1.29, 1.82) is 0 Å². The molecule has 0 saturated heterocycles. The van der Waals surface area contributed by atoms with E-state index in [-0.39, 0.29) is 5.82 Å². The topological polar surface area (TPSA) is 71.1 Å². The molecule has 0 atom stereocenters. The first-order chi connectivity index (χ1) is 8.11. The fourth-order valence-electron chi connectivity index (χ4n) is 1.43. The first kappa shape index (κ1) is 11.4. The highest BCUT2D eigenvalue weighted by molar-refractivity contribution is 5.89. The number of imidazole rings is 1. The third-order valence-corrected chi connectivity index (χ3v) is 2.26. The molecular formula is C11H14N4O2. The molecule has 0 bridgehead atoms. The number of aromatic nitrogens is 3. The number of carbonyl (C=O) groups excluding carboxylic acids is 1. The highest BCUT2D eigenvalue weighted by Gasteiger charge is 2.13. The van der Waals surface area contributed by atoms with Crippen LogP contribution in [0, 0.1) is 0 Å². The van der Waals surface area contributed by atoms with E-state index in [9.17, 15) is 4.79 Å². The summed E-state index contributed by atoms with van der Waals surface area (Å²) < 4.78 is 4.86. The van der Waals surface area contributed by atoms with Crippen molar-refractivity contribution in [2.24, 2.45) is 0 Å². The van der Waals surface area contributed by atoms with Crippen LogP contribution in [0.5, 0.6) is 0 Å². The van der Waals surface area contributed by atoms with Crippen LogP contribution in [0.15, 0.2) is 12.1 Å². The van der Waals surface area contributed by atoms with Gasteiger partial charge in [0, 0.05) is 14.1 Å². The molecule has 17 heavy (non-hydrogen) atoms. The Morgan fingerprint density at radius 3 is 2.82 bits per heavy atom. The number of pyridine rings is 1. The number of nitrogens with zero attached hydrogens (tertiary/aromatic N) is 3. The van der Waals surface area contributed by atoms with E-state index >= 15 is 0 Å². The fourth-order valence-corrected chi connectivity index (χ4v) is 1.43. The molecule has 0 fully saturated rings. The molecule has 0 unspecified atom stereocenters. The third-order valence-electron chi connectivity index (χ3n) is 2.26. The molecule has 2 rings (SSSR count). The number of H-pyrrole nitrogens is 1. The largest absolute Gasteiger partial charge is 0.460 e. The normalized spacial score (nSPS) is 10.5. The van der Waals surface area contributed by atoms with Gasteiger partial charge in [-0.25, -0.2) is 14.8 Å². The Labute approximate surface area is 98.6 Å². The van der Waals surface area contributed by atoms with Gasteiger partial charge in [-0.15, -0.1) is 0 Å². The minimum absolute atomic E-state index is 0.185. The number of anilines is 1. The van der Waals surface area contributed by atoms with Crippen LogP contribution in [0.4, 0.5) is 5.82 Å². The average molecular weight is 234 g/mol. The smallest absolute Gasteiger partial charge is 0.374 e. The molecule has 6 nitrogen and oxygen atoms in total. The molecule has 0 amide bonds. The second kappa shape index (κ2) is 4.40. The van der Waals surface area contributed by atoms with Crippen molar-refractivity contribution >= 4 is 23.0 Å². The number of aromatic amines is 1. The Hall–Kier alpha value is -2.11. The summed E-state index contributed by atoms with van der Waals surface area (Å²) >= 11 is 0. The number of carbonyl (C=O) groups is 1. The summed E-state index contributed by atoms with van der Waals surface area (Å²) in [5, 5.41) is 0. The Bertz CT molecular complexity index is 547. The maximum absolute atomic E-state index is 11.5. The number of nitrogens with one attached hydrogen (secondary N) is 1. The van der Waals surface area contributed by atoms with Gasteiger partial charge < -0.3 is 14.6 Å². The first-order valence-corrected chi connectivity index (χ1v) is 5.33. The van der Waals surface area contributed by atoms with Gasteiger partial charge in [-0.05, 0) is 19.1 Å². The van der Waals surface area contributed by atoms with Crippen molar-refractivity contribution in [1.82, 2.24) is 15.0 Å². The quantitative estimate of drug-likeness (QED) is 0.808. The molecule has 90 valence electrons. The average Bonchev–Trinajstić information content (AvgIpc) is 2.71. The van der Waals surface area contributed by atoms with E-state index in [1.54, 1.807) is 6.92 Å². The highest BCUT2D eigenvalue weighted by Crippen LogP contribution is 2.14. The van der Waals surface area contributed by atoms with Crippen LogP contribution in [-0.4, -0.2) is 41.6 Å². The van der Waals surface area contributed by atoms with Crippen LogP contribution in [0.3, 0.4) is 0 Å². The second-order valence-electron chi connectivity index (χ2n) is 3.74. The van der Waals surface area contributed by atoms with Gasteiger partial charge in [-0.3, -0.25) is 0 Å². The minimum Gasteiger partial charge on any atom is -0.460 e. The Balaban J connectivity index is 2.40. The third kappa shape index (κ3) is 2.20. The monoisotopic (exact) mass is 234 g/mol. The zero-order valence-electron chi connectivity index (χ0n) is 10.0. The molecule has 1 N–H and O–H groups in total. The Morgan fingerprint density at radius 1 is 1.41 bits per heavy atom. The molecule has 2 heterocycles. The van der Waals surface area contributed by atoms with Gasteiger partial charge in [0.1, 0.15) is 5.82 Å². The van der Waals surface area contributed by atoms with E-state index in [1.165, 1.54) is 0 Å². The number of rotatable bonds is 3. The Kier molecular flexibility index (Phi) is 2.95. The highest BCUT2D eigenvalue weighted by atomic mass is 16.5. The summed E-state index contributed by atoms with van der Waals surface area (Å²) in [4.78, 5) is 24.7. The molecular weight excluding hydrogens is 220 g/mol. The van der Waals surface area contributed by atoms with Crippen molar-refractivity contribution in [2.75, 3.05) is 25.6 Å². The van der Waals surface area contributed by atoms with Crippen molar-refractivity contribution in [3.05, 3.63) is 18.0 Å². The summed E-state index contributed by atoms with van der Waals surface area (Å²) in [7, 11) is 3.79. The molecule has 6 heteroatoms. The molecule has 0 aliphatic carbocycles. The van der Waals surface area contributed by atoms with E-state index < -0.39 is 5.97 Å². The van der Waals surface area contributed by atoms with Crippen molar-refractivity contribution < 1.29 is 9.53 Å². The zero-order chi connectivity index (χ0) is 12.4. The number of fused-ring (bicyclic) bond motifs is 1. The van der Waals surface area contributed by atoms with E-state index in [0.717, 1.165) is 11.3 Å². The van der Waals surface area contributed by atoms with Crippen molar-refractivity contribution in [3.8, 4) is 0 Å². The maximum atomic E-state index is 11.5. The lowest BCUT2D eigenvalue weighted by atomic mass is 10.4. The number of hydrogen-bond donors (Lipinski definition) is 1. The molecule has 0 aliphatic rings. The van der Waals surface area contributed by atoms with E-state index in [1.807, 2.05) is 31.1 Å². The number of esters is 1. The SMILES string of the molecule is CCOC(=O)c1nc2nc(N(C)C)ccc2[nH]1. The summed E-state index contributed by atoms with van der Waals surface area (Å²) in [6, 6.07) is 3.70. The maximum Gasteiger partial charge on any atom is 0.374 e. The molecule has 2 aromatic heterocycles. The van der Waals surface area contributed by atoms with Gasteiger partial charge in [0.2, 0.25) is 5.82 Å². The van der Waals surface area contributed by atoms with Crippen LogP contribution in [0.25, 0.3) is 11.2 Å². The molecule has 0 spiro atoms. The second-order valence-corrected chi connectivity index (χ2v) is 3.74. The zero-order valence-corrected chi connectivity index (χ0v) is 10.0. The van der Waals surface area contributed by atoms with Crippen molar-refractivity contribution in [3.63, 3.8) is 0 Å². The van der Waals surface area contributed by atoms with Crippen LogP contribution >= 0.6 is 0 Å². The number of ether oxygens (including phenoxy) is 1. The molecule has 2 aromatic rings. The molecule has 0 aliphatic heterocycles. The summed E-state index contributed by atoms with van der Waals surface area (Å²) in [5.41, 5.74) is 1.23. The fraction of sp³-hybridized carbons (Fsp3) is 0.364. The van der Waals surface area contributed by atoms with Gasteiger partial charge in [-0.1, -0.05) is 0 Å². The van der Waals surface area contributed by atoms with Crippen LogP contribution < -0.4 is 4.90 Å². The van der Waals surface area contributed by atoms with Crippen LogP contribution in [0.2, 0.25) is 0 Å². The predicted octanol–water partition coefficient (Wildman–Crippen LogP) is 1.20. The molecule has 0 radical (unpaired) electrons. The van der Waals surface area contributed by atoms with E-state index in [2.05, 4.69) is 15.0 Å². The summed E-state index contributed by atoms with van der Waals surface area (Å²) in [5.74, 6) is 0.515. The lowest BCUT2D eigenvalue weighted by Gasteiger charge is -2.09. The predicted molar refractivity (Wildman–Crippen MR) is 64.2 cm³/mol. The van der Waals surface area contributed by atoms with Crippen molar-refractivity contribution in [2.45, 2.75) is 6.92 Å². The van der Waals surface area contributed by atoms with Gasteiger partial charge >= 0.3 is 5.97 Å².